The van der Waals surface area contributed by atoms with Crippen molar-refractivity contribution >= 4 is 23.8 Å². The number of amides is 2. The Morgan fingerprint density at radius 1 is 1.59 bits per heavy atom. The van der Waals surface area contributed by atoms with Crippen molar-refractivity contribution in [3.63, 3.8) is 0 Å². The average molecular weight is 256 g/mol. The van der Waals surface area contributed by atoms with E-state index in [1.54, 1.807) is 11.8 Å². The highest BCUT2D eigenvalue weighted by atomic mass is 32.2. The lowest BCUT2D eigenvalue weighted by Crippen LogP contribution is -2.50. The third-order valence-corrected chi connectivity index (χ3v) is 3.64. The number of carbonyl (C=O) groups excluding carboxylic acids is 1. The number of carboxylic acid groups (broad SMARTS) is 1. The Balaban J connectivity index is 2.36. The molecule has 0 spiro atoms. The largest absolute Gasteiger partial charge is 0.480 e. The van der Waals surface area contributed by atoms with Crippen LogP contribution in [0.1, 0.15) is 19.3 Å². The Labute approximate surface area is 105 Å². The molecule has 0 bridgehead atoms. The number of urea groups is 1. The van der Waals surface area contributed by atoms with E-state index < -0.39 is 18.0 Å². The van der Waals surface area contributed by atoms with E-state index >= 15 is 0 Å². The van der Waals surface area contributed by atoms with Crippen molar-refractivity contribution in [2.75, 3.05) is 11.5 Å². The molecule has 1 heterocycles. The van der Waals surface area contributed by atoms with Crippen molar-refractivity contribution < 1.29 is 14.7 Å². The van der Waals surface area contributed by atoms with Crippen LogP contribution in [0.4, 0.5) is 4.79 Å². The minimum atomic E-state index is -1.11. The van der Waals surface area contributed by atoms with Gasteiger partial charge >= 0.3 is 12.0 Å². The van der Waals surface area contributed by atoms with E-state index in [1.807, 2.05) is 0 Å². The molecule has 6 heteroatoms. The smallest absolute Gasteiger partial charge is 0.327 e. The van der Waals surface area contributed by atoms with Gasteiger partial charge in [0.05, 0.1) is 0 Å². The molecule has 94 valence electrons. The zero-order valence-corrected chi connectivity index (χ0v) is 10.3. The SMILES string of the molecule is C#CCC(NC(=O)NC1CCCSC1)C(=O)O. The first-order valence-electron chi connectivity index (χ1n) is 5.44. The summed E-state index contributed by atoms with van der Waals surface area (Å²) in [4.78, 5) is 22.3. The molecule has 1 aliphatic rings. The van der Waals surface area contributed by atoms with Crippen molar-refractivity contribution in [3.8, 4) is 12.3 Å². The van der Waals surface area contributed by atoms with E-state index in [0.717, 1.165) is 24.3 Å². The van der Waals surface area contributed by atoms with Gasteiger partial charge in [-0.1, -0.05) is 0 Å². The Morgan fingerprint density at radius 2 is 2.35 bits per heavy atom. The minimum absolute atomic E-state index is 0.0117. The summed E-state index contributed by atoms with van der Waals surface area (Å²) in [6, 6.07) is -1.36. The highest BCUT2D eigenvalue weighted by Gasteiger charge is 2.21. The monoisotopic (exact) mass is 256 g/mol. The molecule has 1 aliphatic heterocycles. The fourth-order valence-corrected chi connectivity index (χ4v) is 2.63. The fourth-order valence-electron chi connectivity index (χ4n) is 1.56. The lowest BCUT2D eigenvalue weighted by molar-refractivity contribution is -0.139. The van der Waals surface area contributed by atoms with Crippen LogP contribution in [-0.2, 0) is 4.79 Å². The zero-order valence-electron chi connectivity index (χ0n) is 9.44. The molecule has 17 heavy (non-hydrogen) atoms. The number of carboxylic acids is 1. The van der Waals surface area contributed by atoms with Gasteiger partial charge in [0.15, 0.2) is 0 Å². The van der Waals surface area contributed by atoms with Crippen LogP contribution in [-0.4, -0.2) is 40.7 Å². The first kappa shape index (κ1) is 13.7. The van der Waals surface area contributed by atoms with E-state index in [4.69, 9.17) is 11.5 Å². The van der Waals surface area contributed by atoms with E-state index in [9.17, 15) is 9.59 Å². The van der Waals surface area contributed by atoms with Gasteiger partial charge in [-0.15, -0.1) is 12.3 Å². The summed E-state index contributed by atoms with van der Waals surface area (Å²) < 4.78 is 0. The zero-order chi connectivity index (χ0) is 12.7. The standard InChI is InChI=1S/C11H16N2O3S/c1-2-4-9(10(14)15)13-11(16)12-8-5-3-6-17-7-8/h1,8-9H,3-7H2,(H,14,15)(H2,12,13,16). The quantitative estimate of drug-likeness (QED) is 0.646. The number of aliphatic carboxylic acids is 1. The Morgan fingerprint density at radius 3 is 2.88 bits per heavy atom. The van der Waals surface area contributed by atoms with Crippen LogP contribution in [0.15, 0.2) is 0 Å². The summed E-state index contributed by atoms with van der Waals surface area (Å²) in [6.45, 7) is 0. The summed E-state index contributed by atoms with van der Waals surface area (Å²) in [5.74, 6) is 3.11. The molecule has 0 aliphatic carbocycles. The molecule has 0 aromatic rings. The van der Waals surface area contributed by atoms with Gasteiger partial charge in [-0.25, -0.2) is 9.59 Å². The van der Waals surface area contributed by atoms with Gasteiger partial charge < -0.3 is 15.7 Å². The number of nitrogens with one attached hydrogen (secondary N) is 2. The molecule has 2 atom stereocenters. The highest BCUT2D eigenvalue weighted by Crippen LogP contribution is 2.16. The van der Waals surface area contributed by atoms with Crippen LogP contribution in [0.2, 0.25) is 0 Å². The second kappa shape index (κ2) is 7.07. The van der Waals surface area contributed by atoms with E-state index in [1.165, 1.54) is 0 Å². The topological polar surface area (TPSA) is 78.4 Å². The molecule has 5 nitrogen and oxygen atoms in total. The van der Waals surface area contributed by atoms with Gasteiger partial charge in [-0.3, -0.25) is 0 Å². The number of terminal acetylenes is 1. The summed E-state index contributed by atoms with van der Waals surface area (Å²) in [7, 11) is 0. The number of hydrogen-bond donors (Lipinski definition) is 3. The molecule has 0 radical (unpaired) electrons. The van der Waals surface area contributed by atoms with Gasteiger partial charge in [-0.2, -0.15) is 11.8 Å². The normalized spacial score (nSPS) is 21.0. The Hall–Kier alpha value is -1.35. The van der Waals surface area contributed by atoms with Crippen LogP contribution in [0.3, 0.4) is 0 Å². The van der Waals surface area contributed by atoms with Crippen molar-refractivity contribution in [2.24, 2.45) is 0 Å². The van der Waals surface area contributed by atoms with Gasteiger partial charge in [0.25, 0.3) is 0 Å². The molecule has 3 N–H and O–H groups in total. The maximum Gasteiger partial charge on any atom is 0.327 e. The number of carbonyl (C=O) groups is 2. The lowest BCUT2D eigenvalue weighted by atomic mass is 10.2. The lowest BCUT2D eigenvalue weighted by Gasteiger charge is -2.23. The van der Waals surface area contributed by atoms with Crippen molar-refractivity contribution in [1.29, 1.82) is 0 Å². The summed E-state index contributed by atoms with van der Waals surface area (Å²) >= 11 is 1.79. The van der Waals surface area contributed by atoms with Gasteiger partial charge in [0, 0.05) is 18.2 Å². The summed E-state index contributed by atoms with van der Waals surface area (Å²) in [6.07, 6.45) is 7.04. The molecule has 0 aromatic heterocycles. The molecule has 0 saturated carbocycles. The molecule has 2 unspecified atom stereocenters. The molecule has 1 rings (SSSR count). The van der Waals surface area contributed by atoms with Crippen LogP contribution in [0, 0.1) is 12.3 Å². The molecular formula is C11H16N2O3S. The highest BCUT2D eigenvalue weighted by molar-refractivity contribution is 7.99. The first-order valence-corrected chi connectivity index (χ1v) is 6.60. The second-order valence-electron chi connectivity index (χ2n) is 3.83. The molecule has 0 aromatic carbocycles. The minimum Gasteiger partial charge on any atom is -0.480 e. The maximum absolute atomic E-state index is 11.5. The van der Waals surface area contributed by atoms with Crippen molar-refractivity contribution in [1.82, 2.24) is 10.6 Å². The first-order chi connectivity index (χ1) is 8.13. The van der Waals surface area contributed by atoms with Gasteiger partial charge in [-0.05, 0) is 18.6 Å². The second-order valence-corrected chi connectivity index (χ2v) is 4.98. The average Bonchev–Trinajstić information content (AvgIpc) is 2.29. The van der Waals surface area contributed by atoms with Gasteiger partial charge in [0.2, 0.25) is 0 Å². The Bertz CT molecular complexity index is 321. The molecule has 1 fully saturated rings. The van der Waals surface area contributed by atoms with Crippen LogP contribution in [0.5, 0.6) is 0 Å². The van der Waals surface area contributed by atoms with Gasteiger partial charge in [0.1, 0.15) is 6.04 Å². The van der Waals surface area contributed by atoms with Crippen molar-refractivity contribution in [3.05, 3.63) is 0 Å². The van der Waals surface area contributed by atoms with Crippen LogP contribution in [0.25, 0.3) is 0 Å². The predicted molar refractivity (Wildman–Crippen MR) is 66.9 cm³/mol. The predicted octanol–water partition coefficient (Wildman–Crippen LogP) is 0.658. The molecule has 2 amide bonds. The number of hydrogen-bond acceptors (Lipinski definition) is 3. The third-order valence-electron chi connectivity index (χ3n) is 2.42. The summed E-state index contributed by atoms with van der Waals surface area (Å²) in [5.41, 5.74) is 0. The van der Waals surface area contributed by atoms with Crippen LogP contribution < -0.4 is 10.6 Å². The van der Waals surface area contributed by atoms with Crippen molar-refractivity contribution in [2.45, 2.75) is 31.3 Å². The van der Waals surface area contributed by atoms with Crippen LogP contribution >= 0.6 is 11.8 Å². The summed E-state index contributed by atoms with van der Waals surface area (Å²) in [5, 5.41) is 13.9. The Kier molecular flexibility index (Phi) is 5.70. The fraction of sp³-hybridized carbons (Fsp3) is 0.636. The third kappa shape index (κ3) is 5.00. The van der Waals surface area contributed by atoms with E-state index in [2.05, 4.69) is 16.6 Å². The van der Waals surface area contributed by atoms with E-state index in [0.29, 0.717) is 0 Å². The number of thioether (sulfide) groups is 1. The maximum atomic E-state index is 11.5. The number of rotatable bonds is 4. The van der Waals surface area contributed by atoms with E-state index in [-0.39, 0.29) is 12.5 Å². The molecular weight excluding hydrogens is 240 g/mol. The molecule has 1 saturated heterocycles.